The average molecular weight is 327 g/mol. The summed E-state index contributed by atoms with van der Waals surface area (Å²) in [6.07, 6.45) is 0. The molecular weight excluding hydrogens is 318 g/mol. The van der Waals surface area contributed by atoms with E-state index >= 15 is 0 Å². The third kappa shape index (κ3) is 2.09. The minimum Gasteiger partial charge on any atom is -0.495 e. The molecule has 0 saturated carbocycles. The highest BCUT2D eigenvalue weighted by Crippen LogP contribution is 2.31. The molecule has 1 aromatic carbocycles. The number of ether oxygens (including phenoxy) is 1. The van der Waals surface area contributed by atoms with Crippen molar-refractivity contribution in [3.63, 3.8) is 0 Å². The van der Waals surface area contributed by atoms with E-state index in [1.165, 1.54) is 0 Å². The van der Waals surface area contributed by atoms with Crippen molar-refractivity contribution in [2.75, 3.05) is 7.11 Å². The fourth-order valence-corrected chi connectivity index (χ4v) is 2.43. The third-order valence-corrected chi connectivity index (χ3v) is 3.42. The lowest BCUT2D eigenvalue weighted by molar-refractivity contribution is 0.415. The molecule has 92 valence electrons. The van der Waals surface area contributed by atoms with Gasteiger partial charge < -0.3 is 9.30 Å². The summed E-state index contributed by atoms with van der Waals surface area (Å²) in [6.45, 7) is 0. The molecule has 18 heavy (non-hydrogen) atoms. The highest BCUT2D eigenvalue weighted by molar-refractivity contribution is 9.10. The molecule has 2 aromatic rings. The molecule has 0 N–H and O–H groups in total. The number of nitriles is 1. The number of methoxy groups -OCH3 is 1. The lowest BCUT2D eigenvalue weighted by atomic mass is 10.2. The van der Waals surface area contributed by atoms with Gasteiger partial charge in [-0.3, -0.25) is 0 Å². The summed E-state index contributed by atoms with van der Waals surface area (Å²) in [5.74, 6) is 1.28. The Morgan fingerprint density at radius 1 is 1.50 bits per heavy atom. The zero-order chi connectivity index (χ0) is 13.3. The second-order valence-electron chi connectivity index (χ2n) is 3.59. The minimum atomic E-state index is 0.469. The van der Waals surface area contributed by atoms with Gasteiger partial charge in [0.25, 0.3) is 0 Å². The average Bonchev–Trinajstić information content (AvgIpc) is 2.64. The minimum absolute atomic E-state index is 0.469. The van der Waals surface area contributed by atoms with Crippen molar-refractivity contribution >= 4 is 27.5 Å². The van der Waals surface area contributed by atoms with Gasteiger partial charge in [-0.1, -0.05) is 11.6 Å². The number of aromatic nitrogens is 2. The maximum Gasteiger partial charge on any atom is 0.154 e. The van der Waals surface area contributed by atoms with Crippen LogP contribution in [0, 0.1) is 11.3 Å². The van der Waals surface area contributed by atoms with E-state index in [-0.39, 0.29) is 0 Å². The van der Waals surface area contributed by atoms with Gasteiger partial charge >= 0.3 is 0 Å². The van der Waals surface area contributed by atoms with Crippen LogP contribution in [-0.4, -0.2) is 16.7 Å². The van der Waals surface area contributed by atoms with Gasteiger partial charge in [-0.05, 0) is 34.1 Å². The summed E-state index contributed by atoms with van der Waals surface area (Å²) in [5, 5.41) is 9.52. The lowest BCUT2D eigenvalue weighted by Gasteiger charge is -2.06. The second-order valence-corrected chi connectivity index (χ2v) is 4.75. The highest BCUT2D eigenvalue weighted by Gasteiger charge is 2.14. The summed E-state index contributed by atoms with van der Waals surface area (Å²) in [4.78, 5) is 4.31. The molecule has 1 heterocycles. The quantitative estimate of drug-likeness (QED) is 0.850. The van der Waals surface area contributed by atoms with E-state index in [9.17, 15) is 0 Å². The zero-order valence-electron chi connectivity index (χ0n) is 9.74. The number of rotatable bonds is 2. The molecule has 0 fully saturated rings. The maximum absolute atomic E-state index is 9.01. The van der Waals surface area contributed by atoms with Crippen LogP contribution in [0.25, 0.3) is 11.4 Å². The topological polar surface area (TPSA) is 50.8 Å². The van der Waals surface area contributed by atoms with Crippen molar-refractivity contribution in [2.24, 2.45) is 7.05 Å². The largest absolute Gasteiger partial charge is 0.495 e. The molecule has 0 aliphatic carbocycles. The monoisotopic (exact) mass is 325 g/mol. The molecule has 0 amide bonds. The van der Waals surface area contributed by atoms with Gasteiger partial charge in [-0.25, -0.2) is 4.98 Å². The number of halogens is 2. The molecular formula is C12H9BrClN3O. The first-order valence-electron chi connectivity index (χ1n) is 5.04. The van der Waals surface area contributed by atoms with E-state index in [0.717, 1.165) is 5.56 Å². The Balaban J connectivity index is 2.57. The van der Waals surface area contributed by atoms with E-state index in [4.69, 9.17) is 21.6 Å². The Morgan fingerprint density at radius 3 is 2.72 bits per heavy atom. The number of nitrogens with zero attached hydrogens (tertiary/aromatic N) is 3. The molecule has 4 nitrogen and oxygen atoms in total. The Morgan fingerprint density at radius 2 is 2.22 bits per heavy atom. The van der Waals surface area contributed by atoms with Crippen molar-refractivity contribution in [3.8, 4) is 23.2 Å². The predicted octanol–water partition coefficient (Wildman–Crippen LogP) is 3.38. The van der Waals surface area contributed by atoms with Crippen molar-refractivity contribution in [1.29, 1.82) is 5.26 Å². The summed E-state index contributed by atoms with van der Waals surface area (Å²) in [5.41, 5.74) is 1.29. The van der Waals surface area contributed by atoms with Gasteiger partial charge in [0.1, 0.15) is 22.2 Å². The predicted molar refractivity (Wildman–Crippen MR) is 72.6 cm³/mol. The van der Waals surface area contributed by atoms with Crippen molar-refractivity contribution < 1.29 is 4.74 Å². The molecule has 0 spiro atoms. The van der Waals surface area contributed by atoms with E-state index in [1.54, 1.807) is 30.9 Å². The van der Waals surface area contributed by atoms with Crippen molar-refractivity contribution in [2.45, 2.75) is 0 Å². The summed E-state index contributed by atoms with van der Waals surface area (Å²) in [6, 6.07) is 7.46. The van der Waals surface area contributed by atoms with Crippen LogP contribution in [0.1, 0.15) is 5.69 Å². The van der Waals surface area contributed by atoms with Crippen molar-refractivity contribution in [1.82, 2.24) is 9.55 Å². The standard InChI is InChI=1S/C12H9BrClN3O/c1-17-9(6-15)11(13)16-12(17)7-3-4-10(18-2)8(14)5-7/h3-5H,1-2H3. The van der Waals surface area contributed by atoms with Crippen LogP contribution in [-0.2, 0) is 7.05 Å². The Labute approximate surface area is 118 Å². The van der Waals surface area contributed by atoms with E-state index in [1.807, 2.05) is 6.07 Å². The van der Waals surface area contributed by atoms with Crippen LogP contribution < -0.4 is 4.74 Å². The van der Waals surface area contributed by atoms with Crippen LogP contribution in [0.4, 0.5) is 0 Å². The third-order valence-electron chi connectivity index (χ3n) is 2.57. The van der Waals surface area contributed by atoms with Gasteiger partial charge in [-0.2, -0.15) is 5.26 Å². The fourth-order valence-electron chi connectivity index (χ4n) is 1.65. The summed E-state index contributed by atoms with van der Waals surface area (Å²) < 4.78 is 7.33. The van der Waals surface area contributed by atoms with E-state index in [2.05, 4.69) is 27.0 Å². The Hall–Kier alpha value is -1.51. The molecule has 1 aromatic heterocycles. The van der Waals surface area contributed by atoms with Gasteiger partial charge in [0.05, 0.1) is 12.1 Å². The van der Waals surface area contributed by atoms with E-state index < -0.39 is 0 Å². The summed E-state index contributed by atoms with van der Waals surface area (Å²) >= 11 is 9.33. The van der Waals surface area contributed by atoms with Gasteiger partial charge in [-0.15, -0.1) is 0 Å². The van der Waals surface area contributed by atoms with Crippen LogP contribution in [0.15, 0.2) is 22.8 Å². The molecule has 0 aliphatic rings. The summed E-state index contributed by atoms with van der Waals surface area (Å²) in [7, 11) is 3.34. The van der Waals surface area contributed by atoms with E-state index in [0.29, 0.717) is 26.9 Å². The number of hydrogen-bond acceptors (Lipinski definition) is 3. The molecule has 0 atom stereocenters. The lowest BCUT2D eigenvalue weighted by Crippen LogP contribution is -1.95. The molecule has 2 rings (SSSR count). The molecule has 0 bridgehead atoms. The van der Waals surface area contributed by atoms with Crippen LogP contribution in [0.2, 0.25) is 5.02 Å². The van der Waals surface area contributed by atoms with Crippen molar-refractivity contribution in [3.05, 3.63) is 33.5 Å². The van der Waals surface area contributed by atoms with Gasteiger partial charge in [0.15, 0.2) is 5.69 Å². The first kappa shape index (κ1) is 12.9. The molecule has 0 aliphatic heterocycles. The SMILES string of the molecule is COc1ccc(-c2nc(Br)c(C#N)n2C)cc1Cl. The smallest absolute Gasteiger partial charge is 0.154 e. The van der Waals surface area contributed by atoms with Gasteiger partial charge in [0.2, 0.25) is 0 Å². The van der Waals surface area contributed by atoms with Crippen LogP contribution >= 0.6 is 27.5 Å². The molecule has 0 unspecified atom stereocenters. The zero-order valence-corrected chi connectivity index (χ0v) is 12.1. The van der Waals surface area contributed by atoms with Crippen LogP contribution in [0.3, 0.4) is 0 Å². The molecule has 6 heteroatoms. The Kier molecular flexibility index (Phi) is 3.60. The normalized spacial score (nSPS) is 10.2. The number of benzene rings is 1. The second kappa shape index (κ2) is 5.01. The fraction of sp³-hybridized carbons (Fsp3) is 0.167. The number of imidazole rings is 1. The van der Waals surface area contributed by atoms with Gasteiger partial charge in [0, 0.05) is 12.6 Å². The first-order valence-corrected chi connectivity index (χ1v) is 6.21. The highest BCUT2D eigenvalue weighted by atomic mass is 79.9. The maximum atomic E-state index is 9.01. The molecule has 0 radical (unpaired) electrons. The number of hydrogen-bond donors (Lipinski definition) is 0. The van der Waals surface area contributed by atoms with Crippen LogP contribution in [0.5, 0.6) is 5.75 Å². The Bertz CT molecular complexity index is 646. The first-order chi connectivity index (χ1) is 8.58. The molecule has 0 saturated heterocycles.